The van der Waals surface area contributed by atoms with E-state index in [-0.39, 0.29) is 0 Å². The summed E-state index contributed by atoms with van der Waals surface area (Å²) in [4.78, 5) is 6.51. The molecule has 0 radical (unpaired) electrons. The predicted octanol–water partition coefficient (Wildman–Crippen LogP) is 2.62. The largest absolute Gasteiger partial charge is 0.396 e. The lowest BCUT2D eigenvalue weighted by atomic mass is 10.0. The molecular weight excluding hydrogens is 236 g/mol. The first kappa shape index (κ1) is 11.5. The van der Waals surface area contributed by atoms with Crippen LogP contribution in [-0.2, 0) is 6.42 Å². The van der Waals surface area contributed by atoms with Crippen molar-refractivity contribution in [2.75, 3.05) is 17.2 Å². The van der Waals surface area contributed by atoms with E-state index in [1.165, 1.54) is 11.3 Å². The lowest BCUT2D eigenvalue weighted by molar-refractivity contribution is 0.759. The standard InChI is InChI=1S/C15H14N4/c16-10-13-12(17)7-8-15(18-13)19-9-3-5-11-4-1-2-6-14(11)19/h1-2,4,6-8H,3,5,9,17H2. The Morgan fingerprint density at radius 3 is 2.89 bits per heavy atom. The van der Waals surface area contributed by atoms with Crippen LogP contribution in [-0.4, -0.2) is 11.5 Å². The SMILES string of the molecule is N#Cc1nc(N2CCCc3ccccc32)ccc1N. The van der Waals surface area contributed by atoms with E-state index in [1.54, 1.807) is 6.07 Å². The zero-order chi connectivity index (χ0) is 13.2. The Bertz CT molecular complexity index is 657. The fourth-order valence-corrected chi connectivity index (χ4v) is 2.47. The maximum absolute atomic E-state index is 9.03. The molecule has 0 bridgehead atoms. The van der Waals surface area contributed by atoms with Gasteiger partial charge in [0.15, 0.2) is 5.69 Å². The molecule has 0 spiro atoms. The number of nitrogen functional groups attached to an aromatic ring is 1. The first-order valence-electron chi connectivity index (χ1n) is 6.31. The van der Waals surface area contributed by atoms with E-state index in [0.717, 1.165) is 25.2 Å². The number of hydrogen-bond acceptors (Lipinski definition) is 4. The third kappa shape index (κ3) is 2.00. The molecule has 0 fully saturated rings. The van der Waals surface area contributed by atoms with Gasteiger partial charge in [0, 0.05) is 12.2 Å². The number of benzene rings is 1. The number of nitrogens with two attached hydrogens (primary N) is 1. The van der Waals surface area contributed by atoms with Crippen LogP contribution in [0.4, 0.5) is 17.2 Å². The normalized spacial score (nSPS) is 13.7. The highest BCUT2D eigenvalue weighted by atomic mass is 15.2. The summed E-state index contributed by atoms with van der Waals surface area (Å²) in [7, 11) is 0. The van der Waals surface area contributed by atoms with E-state index in [2.05, 4.69) is 28.1 Å². The molecule has 0 atom stereocenters. The highest BCUT2D eigenvalue weighted by Crippen LogP contribution is 2.32. The highest BCUT2D eigenvalue weighted by Gasteiger charge is 2.19. The van der Waals surface area contributed by atoms with Crippen molar-refractivity contribution in [2.45, 2.75) is 12.8 Å². The first-order valence-corrected chi connectivity index (χ1v) is 6.31. The molecule has 3 rings (SSSR count). The second-order valence-electron chi connectivity index (χ2n) is 4.60. The monoisotopic (exact) mass is 250 g/mol. The number of anilines is 3. The third-order valence-corrected chi connectivity index (χ3v) is 3.40. The quantitative estimate of drug-likeness (QED) is 0.844. The summed E-state index contributed by atoms with van der Waals surface area (Å²) in [6, 6.07) is 14.0. The highest BCUT2D eigenvalue weighted by molar-refractivity contribution is 5.67. The van der Waals surface area contributed by atoms with Crippen LogP contribution in [0.15, 0.2) is 36.4 Å². The summed E-state index contributed by atoms with van der Waals surface area (Å²) in [5.74, 6) is 0.790. The van der Waals surface area contributed by atoms with Crippen molar-refractivity contribution < 1.29 is 0 Å². The Hall–Kier alpha value is -2.54. The molecular formula is C15H14N4. The molecule has 1 aromatic heterocycles. The van der Waals surface area contributed by atoms with Crippen molar-refractivity contribution in [1.82, 2.24) is 4.98 Å². The van der Waals surface area contributed by atoms with Crippen molar-refractivity contribution in [3.63, 3.8) is 0 Å². The predicted molar refractivity (Wildman–Crippen MR) is 75.1 cm³/mol. The van der Waals surface area contributed by atoms with E-state index in [9.17, 15) is 0 Å². The molecule has 94 valence electrons. The lowest BCUT2D eigenvalue weighted by Gasteiger charge is -2.30. The third-order valence-electron chi connectivity index (χ3n) is 3.40. The minimum Gasteiger partial charge on any atom is -0.396 e. The van der Waals surface area contributed by atoms with Gasteiger partial charge in [0.1, 0.15) is 11.9 Å². The van der Waals surface area contributed by atoms with Gasteiger partial charge in [-0.3, -0.25) is 0 Å². The summed E-state index contributed by atoms with van der Waals surface area (Å²) in [6.45, 7) is 0.915. The molecule has 2 aromatic rings. The van der Waals surface area contributed by atoms with Crippen LogP contribution in [0.3, 0.4) is 0 Å². The summed E-state index contributed by atoms with van der Waals surface area (Å²) in [5, 5.41) is 9.03. The maximum atomic E-state index is 9.03. The Kier molecular flexibility index (Phi) is 2.81. The van der Waals surface area contributed by atoms with E-state index in [4.69, 9.17) is 11.0 Å². The smallest absolute Gasteiger partial charge is 0.165 e. The van der Waals surface area contributed by atoms with Gasteiger partial charge in [-0.05, 0) is 36.6 Å². The number of fused-ring (bicyclic) bond motifs is 1. The lowest BCUT2D eigenvalue weighted by Crippen LogP contribution is -2.25. The van der Waals surface area contributed by atoms with Gasteiger partial charge in [-0.25, -0.2) is 4.98 Å². The van der Waals surface area contributed by atoms with E-state index in [0.29, 0.717) is 11.4 Å². The summed E-state index contributed by atoms with van der Waals surface area (Å²) >= 11 is 0. The van der Waals surface area contributed by atoms with E-state index < -0.39 is 0 Å². The van der Waals surface area contributed by atoms with Gasteiger partial charge < -0.3 is 10.6 Å². The van der Waals surface area contributed by atoms with E-state index in [1.807, 2.05) is 18.2 Å². The van der Waals surface area contributed by atoms with Crippen molar-refractivity contribution >= 4 is 17.2 Å². The zero-order valence-corrected chi connectivity index (χ0v) is 10.5. The average Bonchev–Trinajstić information content (AvgIpc) is 2.47. The number of nitrogens with zero attached hydrogens (tertiary/aromatic N) is 3. The molecule has 0 unspecified atom stereocenters. The molecule has 2 N–H and O–H groups in total. The van der Waals surface area contributed by atoms with Gasteiger partial charge >= 0.3 is 0 Å². The number of nitriles is 1. The fourth-order valence-electron chi connectivity index (χ4n) is 2.47. The van der Waals surface area contributed by atoms with Crippen LogP contribution in [0.25, 0.3) is 0 Å². The fraction of sp³-hybridized carbons (Fsp3) is 0.200. The van der Waals surface area contributed by atoms with Crippen molar-refractivity contribution in [3.05, 3.63) is 47.7 Å². The number of pyridine rings is 1. The van der Waals surface area contributed by atoms with Gasteiger partial charge in [0.05, 0.1) is 5.69 Å². The summed E-state index contributed by atoms with van der Waals surface area (Å²) < 4.78 is 0. The Labute approximate surface area is 112 Å². The van der Waals surface area contributed by atoms with Crippen molar-refractivity contribution in [1.29, 1.82) is 5.26 Å². The molecule has 1 aromatic carbocycles. The van der Waals surface area contributed by atoms with E-state index >= 15 is 0 Å². The summed E-state index contributed by atoms with van der Waals surface area (Å²) in [6.07, 6.45) is 2.18. The van der Waals surface area contributed by atoms with Crippen LogP contribution in [0.5, 0.6) is 0 Å². The number of hydrogen-bond donors (Lipinski definition) is 1. The van der Waals surface area contributed by atoms with Crippen LogP contribution in [0.2, 0.25) is 0 Å². The van der Waals surface area contributed by atoms with Gasteiger partial charge in [0.25, 0.3) is 0 Å². The minimum absolute atomic E-state index is 0.292. The number of para-hydroxylation sites is 1. The Balaban J connectivity index is 2.07. The minimum atomic E-state index is 0.292. The van der Waals surface area contributed by atoms with Gasteiger partial charge in [-0.2, -0.15) is 5.26 Å². The zero-order valence-electron chi connectivity index (χ0n) is 10.5. The molecule has 4 heteroatoms. The Morgan fingerprint density at radius 2 is 2.05 bits per heavy atom. The molecule has 4 nitrogen and oxygen atoms in total. The first-order chi connectivity index (χ1) is 9.29. The molecule has 1 aliphatic heterocycles. The molecule has 0 amide bonds. The number of rotatable bonds is 1. The second-order valence-corrected chi connectivity index (χ2v) is 4.60. The van der Waals surface area contributed by atoms with Crippen molar-refractivity contribution in [3.8, 4) is 6.07 Å². The van der Waals surface area contributed by atoms with Crippen molar-refractivity contribution in [2.24, 2.45) is 0 Å². The molecule has 0 saturated heterocycles. The van der Waals surface area contributed by atoms with Gasteiger partial charge in [0.2, 0.25) is 0 Å². The Morgan fingerprint density at radius 1 is 1.21 bits per heavy atom. The van der Waals surface area contributed by atoms with Crippen LogP contribution in [0.1, 0.15) is 17.7 Å². The number of aryl methyl sites for hydroxylation is 1. The molecule has 0 aliphatic carbocycles. The molecule has 19 heavy (non-hydrogen) atoms. The second kappa shape index (κ2) is 4.62. The topological polar surface area (TPSA) is 65.9 Å². The molecule has 1 aliphatic rings. The maximum Gasteiger partial charge on any atom is 0.165 e. The van der Waals surface area contributed by atoms with Crippen LogP contribution >= 0.6 is 0 Å². The number of aromatic nitrogens is 1. The average molecular weight is 250 g/mol. The molecule has 2 heterocycles. The van der Waals surface area contributed by atoms with Crippen LogP contribution < -0.4 is 10.6 Å². The van der Waals surface area contributed by atoms with Crippen LogP contribution in [0, 0.1) is 11.3 Å². The summed E-state index contributed by atoms with van der Waals surface area (Å²) in [5.41, 5.74) is 8.94. The van der Waals surface area contributed by atoms with Gasteiger partial charge in [-0.1, -0.05) is 18.2 Å². The molecule has 0 saturated carbocycles. The van der Waals surface area contributed by atoms with Gasteiger partial charge in [-0.15, -0.1) is 0 Å².